The molecule has 0 aliphatic carbocycles. The molecule has 0 N–H and O–H groups in total. The Morgan fingerprint density at radius 2 is 0.547 bits per heavy atom. The van der Waals surface area contributed by atoms with Crippen LogP contribution in [0.4, 0.5) is 0 Å². The van der Waals surface area contributed by atoms with E-state index >= 15 is 0 Å². The van der Waals surface area contributed by atoms with Crippen molar-refractivity contribution in [3.05, 3.63) is 85.1 Å². The van der Waals surface area contributed by atoms with Gasteiger partial charge in [-0.05, 0) is 89.9 Å². The lowest BCUT2D eigenvalue weighted by atomic mass is 10.0. The van der Waals surface area contributed by atoms with Crippen LogP contribution in [0.1, 0.15) is 316 Å². The summed E-state index contributed by atoms with van der Waals surface area (Å²) in [6.45, 7) is 6.48. The molecule has 0 rings (SSSR count). The van der Waals surface area contributed by atoms with E-state index in [1.807, 2.05) is 0 Å². The maximum absolute atomic E-state index is 12.9. The summed E-state index contributed by atoms with van der Waals surface area (Å²) < 4.78 is 16.9. The second-order valence-corrected chi connectivity index (χ2v) is 21.3. The Morgan fingerprint density at radius 1 is 0.280 bits per heavy atom. The Hall–Kier alpha value is -3.41. The Bertz CT molecular complexity index is 1430. The van der Waals surface area contributed by atoms with Crippen molar-refractivity contribution in [3.8, 4) is 0 Å². The Morgan fingerprint density at radius 3 is 0.867 bits per heavy atom. The molecule has 0 spiro atoms. The molecule has 6 nitrogen and oxygen atoms in total. The number of carbonyl (C=O) groups is 3. The maximum atomic E-state index is 12.9. The summed E-state index contributed by atoms with van der Waals surface area (Å²) in [5.41, 5.74) is 0. The summed E-state index contributed by atoms with van der Waals surface area (Å²) >= 11 is 0. The zero-order chi connectivity index (χ0) is 54.3. The van der Waals surface area contributed by atoms with Gasteiger partial charge in [0.15, 0.2) is 6.10 Å². The molecule has 75 heavy (non-hydrogen) atoms. The van der Waals surface area contributed by atoms with Crippen molar-refractivity contribution < 1.29 is 28.6 Å². The van der Waals surface area contributed by atoms with Crippen molar-refractivity contribution in [2.45, 2.75) is 322 Å². The number of ether oxygens (including phenoxy) is 3. The highest BCUT2D eigenvalue weighted by molar-refractivity contribution is 5.71. The summed E-state index contributed by atoms with van der Waals surface area (Å²) in [4.78, 5) is 38.3. The normalized spacial score (nSPS) is 12.6. The quantitative estimate of drug-likeness (QED) is 0.0261. The number of allylic oxidation sites excluding steroid dienone is 14. The number of hydrogen-bond donors (Lipinski definition) is 0. The molecule has 1 atom stereocenters. The molecule has 0 bridgehead atoms. The molecule has 0 aromatic rings. The minimum atomic E-state index is -0.784. The van der Waals surface area contributed by atoms with Crippen LogP contribution in [0.2, 0.25) is 0 Å². The highest BCUT2D eigenvalue weighted by Crippen LogP contribution is 2.17. The molecule has 432 valence electrons. The van der Waals surface area contributed by atoms with Gasteiger partial charge in [0, 0.05) is 19.3 Å². The first-order chi connectivity index (χ1) is 37.0. The van der Waals surface area contributed by atoms with E-state index in [0.717, 1.165) is 122 Å². The van der Waals surface area contributed by atoms with Gasteiger partial charge in [-0.1, -0.05) is 292 Å². The summed E-state index contributed by atoms with van der Waals surface area (Å²) in [5.74, 6) is -0.887. The first-order valence-electron chi connectivity index (χ1n) is 32.1. The molecule has 0 saturated carbocycles. The highest BCUT2D eigenvalue weighted by atomic mass is 16.6. The zero-order valence-corrected chi connectivity index (χ0v) is 49.6. The highest BCUT2D eigenvalue weighted by Gasteiger charge is 2.19. The molecule has 0 aromatic carbocycles. The van der Waals surface area contributed by atoms with Crippen molar-refractivity contribution >= 4 is 17.9 Å². The van der Waals surface area contributed by atoms with Crippen LogP contribution in [-0.2, 0) is 28.6 Å². The number of rotatable bonds is 58. The lowest BCUT2D eigenvalue weighted by Crippen LogP contribution is -2.30. The number of carbonyl (C=O) groups excluding carboxylic acids is 3. The van der Waals surface area contributed by atoms with Crippen LogP contribution in [0.15, 0.2) is 85.1 Å². The van der Waals surface area contributed by atoms with Gasteiger partial charge in [0.1, 0.15) is 13.2 Å². The van der Waals surface area contributed by atoms with Gasteiger partial charge >= 0.3 is 17.9 Å². The molecule has 0 aromatic heterocycles. The molecular weight excluding hydrogens is 925 g/mol. The molecule has 0 fully saturated rings. The van der Waals surface area contributed by atoms with E-state index in [-0.39, 0.29) is 31.1 Å². The van der Waals surface area contributed by atoms with Crippen molar-refractivity contribution in [2.24, 2.45) is 0 Å². The van der Waals surface area contributed by atoms with Crippen molar-refractivity contribution in [3.63, 3.8) is 0 Å². The third kappa shape index (κ3) is 61.3. The number of unbranched alkanes of at least 4 members (excludes halogenated alkanes) is 33. The molecule has 0 aliphatic rings. The first-order valence-corrected chi connectivity index (χ1v) is 32.1. The number of hydrogen-bond acceptors (Lipinski definition) is 6. The van der Waals surface area contributed by atoms with Crippen LogP contribution in [0, 0.1) is 0 Å². The smallest absolute Gasteiger partial charge is 0.306 e. The minimum absolute atomic E-state index is 0.0817. The van der Waals surface area contributed by atoms with Crippen LogP contribution in [0.3, 0.4) is 0 Å². The van der Waals surface area contributed by atoms with E-state index in [4.69, 9.17) is 14.2 Å². The summed E-state index contributed by atoms with van der Waals surface area (Å²) in [6, 6.07) is 0. The van der Waals surface area contributed by atoms with Crippen LogP contribution < -0.4 is 0 Å². The molecule has 0 saturated heterocycles. The van der Waals surface area contributed by atoms with Crippen LogP contribution >= 0.6 is 0 Å². The van der Waals surface area contributed by atoms with E-state index in [1.54, 1.807) is 0 Å². The SMILES string of the molecule is CC/C=C\C/C=C\C/C=C\C/C=C\C/C=C\CCCCCCCCCCCC(=O)OCC(COC(=O)CCCCCCC/C=C\C/C=C\CCC)OC(=O)CCCCCCCCCCCCCCCCCCCCC. The van der Waals surface area contributed by atoms with Gasteiger partial charge in [-0.25, -0.2) is 0 Å². The van der Waals surface area contributed by atoms with E-state index in [2.05, 4.69) is 106 Å². The Labute approximate surface area is 465 Å². The zero-order valence-electron chi connectivity index (χ0n) is 49.6. The lowest BCUT2D eigenvalue weighted by molar-refractivity contribution is -0.167. The molecule has 1 unspecified atom stereocenters. The van der Waals surface area contributed by atoms with Crippen LogP contribution in [-0.4, -0.2) is 37.2 Å². The van der Waals surface area contributed by atoms with Crippen molar-refractivity contribution in [2.75, 3.05) is 13.2 Å². The third-order valence-corrected chi connectivity index (χ3v) is 13.9. The van der Waals surface area contributed by atoms with E-state index < -0.39 is 6.10 Å². The Kier molecular flexibility index (Phi) is 60.3. The first kappa shape index (κ1) is 71.6. The summed E-state index contributed by atoms with van der Waals surface area (Å²) in [6.07, 6.45) is 83.0. The predicted molar refractivity (Wildman–Crippen MR) is 325 cm³/mol. The van der Waals surface area contributed by atoms with Crippen LogP contribution in [0.5, 0.6) is 0 Å². The van der Waals surface area contributed by atoms with Crippen LogP contribution in [0.25, 0.3) is 0 Å². The van der Waals surface area contributed by atoms with E-state index in [9.17, 15) is 14.4 Å². The fraction of sp³-hybridized carbons (Fsp3) is 0.754. The largest absolute Gasteiger partial charge is 0.462 e. The minimum Gasteiger partial charge on any atom is -0.462 e. The molecule has 0 heterocycles. The molecule has 0 aliphatic heterocycles. The third-order valence-electron chi connectivity index (χ3n) is 13.9. The van der Waals surface area contributed by atoms with Gasteiger partial charge < -0.3 is 14.2 Å². The van der Waals surface area contributed by atoms with E-state index in [1.165, 1.54) is 154 Å². The van der Waals surface area contributed by atoms with E-state index in [0.29, 0.717) is 19.3 Å². The molecule has 0 amide bonds. The van der Waals surface area contributed by atoms with Crippen molar-refractivity contribution in [1.29, 1.82) is 0 Å². The second-order valence-electron chi connectivity index (χ2n) is 21.3. The topological polar surface area (TPSA) is 78.9 Å². The monoisotopic (exact) mass is 1040 g/mol. The van der Waals surface area contributed by atoms with Gasteiger partial charge in [-0.15, -0.1) is 0 Å². The average Bonchev–Trinajstić information content (AvgIpc) is 3.41. The lowest BCUT2D eigenvalue weighted by Gasteiger charge is -2.18. The van der Waals surface area contributed by atoms with Gasteiger partial charge in [-0.3, -0.25) is 14.4 Å². The summed E-state index contributed by atoms with van der Waals surface area (Å²) in [5, 5.41) is 0. The molecule has 6 heteroatoms. The average molecular weight is 1050 g/mol. The molecule has 0 radical (unpaired) electrons. The fourth-order valence-corrected chi connectivity index (χ4v) is 9.10. The predicted octanol–water partition coefficient (Wildman–Crippen LogP) is 21.9. The van der Waals surface area contributed by atoms with Gasteiger partial charge in [0.05, 0.1) is 0 Å². The molecular formula is C69H120O6. The van der Waals surface area contributed by atoms with Gasteiger partial charge in [-0.2, -0.15) is 0 Å². The van der Waals surface area contributed by atoms with Crippen molar-refractivity contribution in [1.82, 2.24) is 0 Å². The number of esters is 3. The van der Waals surface area contributed by atoms with Gasteiger partial charge in [0.2, 0.25) is 0 Å². The maximum Gasteiger partial charge on any atom is 0.306 e. The fourth-order valence-electron chi connectivity index (χ4n) is 9.10. The standard InChI is InChI=1S/C69H120O6/c1-4-7-10-13-16-19-22-25-27-29-31-32-33-34-35-36-38-39-41-44-47-50-53-56-59-62-68(71)74-65-66(64-73-67(70)61-58-55-52-49-46-43-24-21-18-15-12-9-6-3)75-69(72)63-60-57-54-51-48-45-42-40-37-30-28-26-23-20-17-14-11-8-5-2/h7,10,12,15-16,19,21,24-25,27,31-32,34-35,66H,4-6,8-9,11,13-14,17-18,20,22-23,26,28-30,33,36-65H2,1-3H3/b10-7-,15-12-,19-16-,24-21-,27-25-,32-31-,35-34-. The Balaban J connectivity index is 4.32. The summed E-state index contributed by atoms with van der Waals surface area (Å²) in [7, 11) is 0. The van der Waals surface area contributed by atoms with Gasteiger partial charge in [0.25, 0.3) is 0 Å². The second kappa shape index (κ2) is 63.1.